The molecule has 2 atom stereocenters. The van der Waals surface area contributed by atoms with Crippen LogP contribution >= 0.6 is 0 Å². The maximum Gasteiger partial charge on any atom is 0.416 e. The maximum absolute atomic E-state index is 13.8. The van der Waals surface area contributed by atoms with Crippen LogP contribution in [0, 0.1) is 12.8 Å². The minimum atomic E-state index is -5.20. The van der Waals surface area contributed by atoms with Crippen LogP contribution in [0.1, 0.15) is 52.0 Å². The van der Waals surface area contributed by atoms with Gasteiger partial charge in [-0.15, -0.1) is 0 Å². The normalized spacial score (nSPS) is 14.8. The molecule has 3 aromatic carbocycles. The van der Waals surface area contributed by atoms with Crippen molar-refractivity contribution < 1.29 is 59.0 Å². The number of amides is 1. The van der Waals surface area contributed by atoms with E-state index in [-0.39, 0.29) is 39.3 Å². The summed E-state index contributed by atoms with van der Waals surface area (Å²) in [6.07, 6.45) is -15.2. The van der Waals surface area contributed by atoms with Crippen molar-refractivity contribution in [3.05, 3.63) is 88.5 Å². The molecule has 4 rings (SSSR count). The van der Waals surface area contributed by atoms with E-state index in [0.717, 1.165) is 19.9 Å². The molecule has 1 heterocycles. The van der Waals surface area contributed by atoms with E-state index in [9.17, 15) is 49.4 Å². The molecule has 0 aliphatic carbocycles. The summed E-state index contributed by atoms with van der Waals surface area (Å²) in [5, 5.41) is 9.65. The fourth-order valence-corrected chi connectivity index (χ4v) is 4.84. The summed E-state index contributed by atoms with van der Waals surface area (Å²) in [7, 11) is 0. The molecule has 0 fully saturated rings. The number of benzene rings is 3. The van der Waals surface area contributed by atoms with E-state index in [1.807, 2.05) is 0 Å². The van der Waals surface area contributed by atoms with Crippen molar-refractivity contribution in [2.24, 2.45) is 5.92 Å². The smallest absolute Gasteiger partial charge is 0.416 e. The van der Waals surface area contributed by atoms with E-state index >= 15 is 0 Å². The quantitative estimate of drug-likeness (QED) is 0.131. The summed E-state index contributed by atoms with van der Waals surface area (Å²) in [6, 6.07) is 6.27. The highest BCUT2D eigenvalue weighted by atomic mass is 19.4. The van der Waals surface area contributed by atoms with Crippen LogP contribution in [0.4, 0.5) is 39.5 Å². The first kappa shape index (κ1) is 32.9. The lowest BCUT2D eigenvalue weighted by Crippen LogP contribution is -2.46. The first-order valence-electron chi connectivity index (χ1n) is 12.8. The number of aliphatic hydroxyl groups is 1. The van der Waals surface area contributed by atoms with Crippen molar-refractivity contribution in [1.29, 1.82) is 0 Å². The Hall–Kier alpha value is -4.04. The van der Waals surface area contributed by atoms with Gasteiger partial charge in [-0.2, -0.15) is 39.5 Å². The molecule has 0 spiro atoms. The zero-order valence-corrected chi connectivity index (χ0v) is 23.2. The topological polar surface area (TPSA) is 59.0 Å². The molecule has 3 aromatic rings. The number of halogens is 9. The van der Waals surface area contributed by atoms with Gasteiger partial charge in [0.05, 0.1) is 23.1 Å². The number of para-hydroxylation sites is 1. The van der Waals surface area contributed by atoms with Crippen molar-refractivity contribution in [3.8, 4) is 22.6 Å². The number of hydroxylamine groups is 2. The Kier molecular flexibility index (Phi) is 8.57. The fourth-order valence-electron chi connectivity index (χ4n) is 4.84. The molecule has 1 amide bonds. The molecule has 0 saturated carbocycles. The molecule has 0 saturated heterocycles. The third-order valence-corrected chi connectivity index (χ3v) is 7.40. The van der Waals surface area contributed by atoms with E-state index in [1.54, 1.807) is 18.2 Å². The Bertz CT molecular complexity index is 1580. The SMILES string of the molecule is C=C1c2ccccc2Oc2c(-c3cc(C(F)(F)F)cc(C(F)(F)F)c3)cc(C(=O)N(OCO)C(C)[C@@H](C)C(F)(F)F)c(C)c21. The predicted octanol–water partition coefficient (Wildman–Crippen LogP) is 8.78. The number of nitrogens with zero attached hydrogens (tertiary/aromatic N) is 1. The van der Waals surface area contributed by atoms with Gasteiger partial charge in [-0.05, 0) is 60.9 Å². The first-order chi connectivity index (χ1) is 20.3. The Labute approximate surface area is 245 Å². The summed E-state index contributed by atoms with van der Waals surface area (Å²) in [5.74, 6) is -3.47. The number of hydrogen-bond acceptors (Lipinski definition) is 4. The third kappa shape index (κ3) is 6.13. The van der Waals surface area contributed by atoms with Gasteiger partial charge in [0.2, 0.25) is 0 Å². The van der Waals surface area contributed by atoms with Crippen LogP contribution in [-0.4, -0.2) is 35.1 Å². The van der Waals surface area contributed by atoms with Gasteiger partial charge in [0, 0.05) is 22.3 Å². The van der Waals surface area contributed by atoms with Gasteiger partial charge in [-0.25, -0.2) is 9.90 Å². The lowest BCUT2D eigenvalue weighted by molar-refractivity contribution is -0.240. The minimum absolute atomic E-state index is 0.0241. The van der Waals surface area contributed by atoms with Crippen LogP contribution < -0.4 is 4.74 Å². The Morgan fingerprint density at radius 1 is 0.932 bits per heavy atom. The molecular weight excluding hydrogens is 609 g/mol. The van der Waals surface area contributed by atoms with Crippen molar-refractivity contribution in [1.82, 2.24) is 5.06 Å². The number of rotatable bonds is 6. The number of carbonyl (C=O) groups is 1. The van der Waals surface area contributed by atoms with E-state index < -0.39 is 71.0 Å². The second-order valence-electron chi connectivity index (χ2n) is 10.1. The summed E-state index contributed by atoms with van der Waals surface area (Å²) in [5.41, 5.74) is -4.13. The van der Waals surface area contributed by atoms with E-state index in [4.69, 9.17) is 9.57 Å². The largest absolute Gasteiger partial charge is 0.455 e. The molecule has 14 heteroatoms. The first-order valence-corrected chi connectivity index (χ1v) is 12.8. The Balaban J connectivity index is 2.04. The van der Waals surface area contributed by atoms with Gasteiger partial charge in [-0.1, -0.05) is 31.7 Å². The number of aliphatic hydroxyl groups excluding tert-OH is 1. The highest BCUT2D eigenvalue weighted by molar-refractivity contribution is 6.02. The average Bonchev–Trinajstić information content (AvgIpc) is 2.93. The summed E-state index contributed by atoms with van der Waals surface area (Å²) in [4.78, 5) is 18.7. The standard InChI is InChI=1S/C30H24F9NO4/c1-14-21-7-5-6-8-24(21)44-26-23(18-9-19(29(34,35)36)11-20(10-18)30(37,38)39)12-22(15(2)25(14)26)27(42)40(43-13-41)17(4)16(3)28(31,32)33/h5-12,16-17,41H,1,13H2,2-4H3/t16-,17?/m1/s1. The second-order valence-corrected chi connectivity index (χ2v) is 10.1. The van der Waals surface area contributed by atoms with Crippen LogP contribution in [0.2, 0.25) is 0 Å². The minimum Gasteiger partial charge on any atom is -0.455 e. The average molecular weight is 634 g/mol. The van der Waals surface area contributed by atoms with E-state index in [2.05, 4.69) is 6.58 Å². The predicted molar refractivity (Wildman–Crippen MR) is 140 cm³/mol. The summed E-state index contributed by atoms with van der Waals surface area (Å²) in [6.45, 7) is 5.91. The third-order valence-electron chi connectivity index (χ3n) is 7.40. The van der Waals surface area contributed by atoms with Crippen LogP contribution in [0.25, 0.3) is 16.7 Å². The highest BCUT2D eigenvalue weighted by Gasteiger charge is 2.44. The number of alkyl halides is 9. The number of fused-ring (bicyclic) bond motifs is 2. The molecule has 236 valence electrons. The highest BCUT2D eigenvalue weighted by Crippen LogP contribution is 2.51. The molecule has 1 aliphatic heterocycles. The molecule has 0 bridgehead atoms. The molecule has 5 nitrogen and oxygen atoms in total. The van der Waals surface area contributed by atoms with Crippen molar-refractivity contribution in [2.75, 3.05) is 6.79 Å². The zero-order chi connectivity index (χ0) is 32.9. The Morgan fingerprint density at radius 3 is 2.02 bits per heavy atom. The zero-order valence-electron chi connectivity index (χ0n) is 23.2. The molecule has 1 unspecified atom stereocenters. The van der Waals surface area contributed by atoms with Gasteiger partial charge in [-0.3, -0.25) is 4.79 Å². The van der Waals surface area contributed by atoms with E-state index in [1.165, 1.54) is 13.0 Å². The van der Waals surface area contributed by atoms with Crippen LogP contribution in [0.3, 0.4) is 0 Å². The van der Waals surface area contributed by atoms with Gasteiger partial charge in [0.1, 0.15) is 11.5 Å². The molecule has 1 aliphatic rings. The lowest BCUT2D eigenvalue weighted by Gasteiger charge is -2.33. The molecule has 0 aromatic heterocycles. The summed E-state index contributed by atoms with van der Waals surface area (Å²) >= 11 is 0. The fraction of sp³-hybridized carbons (Fsp3) is 0.300. The van der Waals surface area contributed by atoms with Crippen molar-refractivity contribution in [2.45, 2.75) is 45.3 Å². The molecule has 44 heavy (non-hydrogen) atoms. The van der Waals surface area contributed by atoms with Gasteiger partial charge >= 0.3 is 18.5 Å². The van der Waals surface area contributed by atoms with Crippen LogP contribution in [0.5, 0.6) is 11.5 Å². The number of carbonyl (C=O) groups excluding carboxylic acids is 1. The molecule has 1 N–H and O–H groups in total. The van der Waals surface area contributed by atoms with Gasteiger partial charge in [0.25, 0.3) is 5.91 Å². The van der Waals surface area contributed by atoms with Gasteiger partial charge in [0.15, 0.2) is 6.79 Å². The maximum atomic E-state index is 13.8. The summed E-state index contributed by atoms with van der Waals surface area (Å²) < 4.78 is 129. The lowest BCUT2D eigenvalue weighted by atomic mass is 9.85. The van der Waals surface area contributed by atoms with Crippen molar-refractivity contribution >= 4 is 11.5 Å². The van der Waals surface area contributed by atoms with Gasteiger partial charge < -0.3 is 9.84 Å². The van der Waals surface area contributed by atoms with Crippen molar-refractivity contribution in [3.63, 3.8) is 0 Å². The molecule has 0 radical (unpaired) electrons. The van der Waals surface area contributed by atoms with Crippen LogP contribution in [-0.2, 0) is 17.2 Å². The number of ether oxygens (including phenoxy) is 1. The van der Waals surface area contributed by atoms with E-state index in [0.29, 0.717) is 17.7 Å². The van der Waals surface area contributed by atoms with Crippen LogP contribution in [0.15, 0.2) is 55.1 Å². The molecular formula is C30H24F9NO4. The Morgan fingerprint density at radius 2 is 1.50 bits per heavy atom. The monoisotopic (exact) mass is 633 g/mol. The second kappa shape index (κ2) is 11.5. The number of hydrogen-bond donors (Lipinski definition) is 1.